The Morgan fingerprint density at radius 2 is 1.45 bits per heavy atom. The monoisotopic (exact) mass is 320 g/mol. The van der Waals surface area contributed by atoms with Crippen LogP contribution in [0, 0.1) is 10.8 Å². The van der Waals surface area contributed by atoms with Gasteiger partial charge in [-0.15, -0.1) is 0 Å². The molecule has 0 bridgehead atoms. The van der Waals surface area contributed by atoms with Gasteiger partial charge in [-0.25, -0.2) is 0 Å². The van der Waals surface area contributed by atoms with E-state index in [-0.39, 0.29) is 16.6 Å². The first-order valence-electron chi connectivity index (χ1n) is 7.95. The number of hydrogen-bond donors (Lipinski definition) is 0. The average Bonchev–Trinajstić information content (AvgIpc) is 2.27. The maximum atomic E-state index is 12.9. The minimum atomic E-state index is -1.57. The van der Waals surface area contributed by atoms with Gasteiger partial charge >= 0.3 is 0 Å². The number of allylic oxidation sites excluding steroid dienone is 4. The first-order chi connectivity index (χ1) is 9.64. The number of Topliss-reactive ketones (excluding diaryl/α,β-unsaturated/α-hetero) is 1. The maximum Gasteiger partial charge on any atom is 0.209 e. The van der Waals surface area contributed by atoms with Gasteiger partial charge in [0.25, 0.3) is 0 Å². The fraction of sp³-hybridized carbons (Fsp3) is 0.667. The predicted molar refractivity (Wildman–Crippen MR) is 98.6 cm³/mol. The van der Waals surface area contributed by atoms with E-state index in [2.05, 4.69) is 72.4 Å². The van der Waals surface area contributed by atoms with Crippen molar-refractivity contribution in [2.75, 3.05) is 7.05 Å². The highest BCUT2D eigenvalue weighted by Gasteiger charge is 2.33. The zero-order valence-electron chi connectivity index (χ0n) is 16.0. The molecule has 0 aromatic heterocycles. The van der Waals surface area contributed by atoms with E-state index in [0.717, 1.165) is 5.57 Å². The third-order valence-electron chi connectivity index (χ3n) is 3.97. The summed E-state index contributed by atoms with van der Waals surface area (Å²) >= 11 is 0. The van der Waals surface area contributed by atoms with E-state index >= 15 is 0 Å². The SMILES string of the molecule is CN(N=C1C=C(C(C)(C)C)C=C(C(C)(C)C)C1=O)[Si](C)(C)C. The van der Waals surface area contributed by atoms with Crippen molar-refractivity contribution in [1.82, 2.24) is 4.67 Å². The molecular weight excluding hydrogens is 288 g/mol. The molecule has 1 aliphatic carbocycles. The molecule has 0 atom stereocenters. The van der Waals surface area contributed by atoms with E-state index in [4.69, 9.17) is 0 Å². The van der Waals surface area contributed by atoms with Crippen molar-refractivity contribution in [1.29, 1.82) is 0 Å². The summed E-state index contributed by atoms with van der Waals surface area (Å²) in [5, 5.41) is 4.66. The van der Waals surface area contributed by atoms with Gasteiger partial charge in [0.2, 0.25) is 5.78 Å². The average molecular weight is 321 g/mol. The molecule has 0 unspecified atom stereocenters. The summed E-state index contributed by atoms with van der Waals surface area (Å²) in [7, 11) is 0.413. The number of rotatable bonds is 2. The van der Waals surface area contributed by atoms with Crippen LogP contribution in [0.4, 0.5) is 0 Å². The summed E-state index contributed by atoms with van der Waals surface area (Å²) in [6.07, 6.45) is 4.03. The molecule has 0 aliphatic heterocycles. The van der Waals surface area contributed by atoms with Crippen LogP contribution in [0.1, 0.15) is 41.5 Å². The molecule has 0 aromatic carbocycles. The van der Waals surface area contributed by atoms with E-state index in [1.165, 1.54) is 5.57 Å². The molecular formula is C18H32N2OSi. The Morgan fingerprint density at radius 1 is 0.955 bits per heavy atom. The van der Waals surface area contributed by atoms with Crippen molar-refractivity contribution < 1.29 is 4.79 Å². The number of ketones is 1. The van der Waals surface area contributed by atoms with Gasteiger partial charge in [-0.05, 0) is 22.5 Å². The molecule has 0 N–H and O–H groups in total. The smallest absolute Gasteiger partial charge is 0.209 e. The Kier molecular flexibility index (Phi) is 4.98. The van der Waals surface area contributed by atoms with Gasteiger partial charge in [-0.2, -0.15) is 5.10 Å². The zero-order valence-corrected chi connectivity index (χ0v) is 17.0. The fourth-order valence-corrected chi connectivity index (χ4v) is 2.40. The van der Waals surface area contributed by atoms with Crippen LogP contribution in [-0.2, 0) is 4.79 Å². The maximum absolute atomic E-state index is 12.9. The summed E-state index contributed by atoms with van der Waals surface area (Å²) in [5.74, 6) is 0.0607. The van der Waals surface area contributed by atoms with Crippen molar-refractivity contribution in [3.05, 3.63) is 23.3 Å². The standard InChI is InChI=1S/C18H32N2OSi/c1-17(2,3)13-11-14(18(4,5)6)16(21)15(12-13)19-20(7)22(8,9)10/h11-12H,1-10H3. The van der Waals surface area contributed by atoms with Gasteiger partial charge in [0.05, 0.1) is 0 Å². The highest BCUT2D eigenvalue weighted by molar-refractivity contribution is 6.73. The molecule has 1 rings (SSSR count). The Labute approximate surface area is 137 Å². The molecule has 0 saturated carbocycles. The summed E-state index contributed by atoms with van der Waals surface area (Å²) in [6.45, 7) is 19.4. The number of hydrazone groups is 1. The highest BCUT2D eigenvalue weighted by Crippen LogP contribution is 2.36. The van der Waals surface area contributed by atoms with Crippen LogP contribution >= 0.6 is 0 Å². The van der Waals surface area contributed by atoms with Gasteiger partial charge in [0, 0.05) is 12.6 Å². The summed E-state index contributed by atoms with van der Waals surface area (Å²) in [5.41, 5.74) is 2.40. The molecule has 4 heteroatoms. The number of carbonyl (C=O) groups is 1. The molecule has 0 amide bonds. The molecule has 0 heterocycles. The summed E-state index contributed by atoms with van der Waals surface area (Å²) in [4.78, 5) is 12.9. The molecule has 0 spiro atoms. The first kappa shape index (κ1) is 18.9. The van der Waals surface area contributed by atoms with Crippen LogP contribution < -0.4 is 0 Å². The number of hydrogen-bond acceptors (Lipinski definition) is 3. The Bertz CT molecular complexity index is 549. The van der Waals surface area contributed by atoms with Gasteiger partial charge in [-0.3, -0.25) is 4.79 Å². The van der Waals surface area contributed by atoms with Crippen LogP contribution in [0.3, 0.4) is 0 Å². The quantitative estimate of drug-likeness (QED) is 0.422. The molecule has 0 fully saturated rings. The van der Waals surface area contributed by atoms with E-state index in [1.807, 2.05) is 17.8 Å². The highest BCUT2D eigenvalue weighted by atomic mass is 28.3. The van der Waals surface area contributed by atoms with Gasteiger partial charge in [-0.1, -0.05) is 67.3 Å². The molecule has 0 radical (unpaired) electrons. The van der Waals surface area contributed by atoms with Gasteiger partial charge < -0.3 is 4.67 Å². The number of nitrogens with zero attached hydrogens (tertiary/aromatic N) is 2. The van der Waals surface area contributed by atoms with Crippen molar-refractivity contribution in [3.63, 3.8) is 0 Å². The van der Waals surface area contributed by atoms with Crippen LogP contribution in [0.5, 0.6) is 0 Å². The van der Waals surface area contributed by atoms with Crippen LogP contribution in [0.15, 0.2) is 28.4 Å². The van der Waals surface area contributed by atoms with Crippen molar-refractivity contribution >= 4 is 19.7 Å². The Hall–Kier alpha value is -1.16. The lowest BCUT2D eigenvalue weighted by atomic mass is 9.74. The van der Waals surface area contributed by atoms with E-state index < -0.39 is 8.24 Å². The summed E-state index contributed by atoms with van der Waals surface area (Å²) < 4.78 is 2.00. The Balaban J connectivity index is 3.43. The molecule has 22 heavy (non-hydrogen) atoms. The van der Waals surface area contributed by atoms with Crippen LogP contribution in [0.2, 0.25) is 19.6 Å². The van der Waals surface area contributed by atoms with Crippen LogP contribution in [0.25, 0.3) is 0 Å². The third kappa shape index (κ3) is 4.42. The van der Waals surface area contributed by atoms with E-state index in [0.29, 0.717) is 5.71 Å². The third-order valence-corrected chi connectivity index (χ3v) is 6.01. The lowest BCUT2D eigenvalue weighted by Crippen LogP contribution is -2.41. The zero-order chi connectivity index (χ0) is 17.5. The lowest BCUT2D eigenvalue weighted by Gasteiger charge is -2.32. The second kappa shape index (κ2) is 5.80. The molecule has 1 aliphatic rings. The molecule has 3 nitrogen and oxygen atoms in total. The molecule has 0 aromatic rings. The lowest BCUT2D eigenvalue weighted by molar-refractivity contribution is -0.110. The summed E-state index contributed by atoms with van der Waals surface area (Å²) in [6, 6.07) is 0. The van der Waals surface area contributed by atoms with Crippen molar-refractivity contribution in [2.45, 2.75) is 61.2 Å². The van der Waals surface area contributed by atoms with Gasteiger partial charge in [0.1, 0.15) is 5.71 Å². The molecule has 124 valence electrons. The topological polar surface area (TPSA) is 32.7 Å². The largest absolute Gasteiger partial charge is 0.327 e. The molecule has 0 saturated heterocycles. The fourth-order valence-electron chi connectivity index (χ4n) is 1.99. The Morgan fingerprint density at radius 3 is 1.82 bits per heavy atom. The minimum absolute atomic E-state index is 0.00426. The number of carbonyl (C=O) groups excluding carboxylic acids is 1. The second-order valence-electron chi connectivity index (χ2n) is 9.17. The first-order valence-corrected chi connectivity index (χ1v) is 11.4. The normalized spacial score (nSPS) is 19.2. The van der Waals surface area contributed by atoms with Crippen LogP contribution in [-0.4, -0.2) is 31.5 Å². The van der Waals surface area contributed by atoms with E-state index in [1.54, 1.807) is 0 Å². The minimum Gasteiger partial charge on any atom is -0.327 e. The van der Waals surface area contributed by atoms with E-state index in [9.17, 15) is 4.79 Å². The van der Waals surface area contributed by atoms with Crippen molar-refractivity contribution in [2.24, 2.45) is 15.9 Å². The second-order valence-corrected chi connectivity index (χ2v) is 14.2. The predicted octanol–water partition coefficient (Wildman–Crippen LogP) is 4.64. The van der Waals surface area contributed by atoms with Gasteiger partial charge in [0.15, 0.2) is 8.24 Å². The van der Waals surface area contributed by atoms with Crippen molar-refractivity contribution in [3.8, 4) is 0 Å².